The molecule has 0 unspecified atom stereocenters. The lowest BCUT2D eigenvalue weighted by Gasteiger charge is -2.08. The Kier molecular flexibility index (Phi) is 6.43. The lowest BCUT2D eigenvalue weighted by molar-refractivity contribution is -0.143. The number of rotatable bonds is 6. The van der Waals surface area contributed by atoms with Gasteiger partial charge < -0.3 is 13.9 Å². The van der Waals surface area contributed by atoms with Crippen LogP contribution in [0.15, 0.2) is 82.8 Å². The average Bonchev–Trinajstić information content (AvgIpc) is 3.23. The van der Waals surface area contributed by atoms with E-state index in [2.05, 4.69) is 9.47 Å². The van der Waals surface area contributed by atoms with Gasteiger partial charge in [0.05, 0.1) is 14.2 Å². The maximum Gasteiger partial charge on any atom is 0.345 e. The predicted octanol–water partition coefficient (Wildman–Crippen LogP) is 4.60. The van der Waals surface area contributed by atoms with Gasteiger partial charge >= 0.3 is 11.9 Å². The molecule has 0 atom stereocenters. The van der Waals surface area contributed by atoms with Gasteiger partial charge in [-0.1, -0.05) is 60.7 Å². The Morgan fingerprint density at radius 3 is 1.59 bits per heavy atom. The lowest BCUT2D eigenvalue weighted by atomic mass is 9.97. The maximum absolute atomic E-state index is 11.8. The summed E-state index contributed by atoms with van der Waals surface area (Å²) < 4.78 is 15.1. The number of furan rings is 1. The number of benzene rings is 2. The molecule has 146 valence electrons. The topological polar surface area (TPSA) is 65.7 Å². The van der Waals surface area contributed by atoms with Crippen LogP contribution in [0.5, 0.6) is 0 Å². The van der Waals surface area contributed by atoms with Crippen molar-refractivity contribution in [2.45, 2.75) is 0 Å². The third-order valence-corrected chi connectivity index (χ3v) is 4.20. The van der Waals surface area contributed by atoms with E-state index in [1.807, 2.05) is 66.7 Å². The van der Waals surface area contributed by atoms with Crippen molar-refractivity contribution in [2.75, 3.05) is 14.2 Å². The van der Waals surface area contributed by atoms with Crippen molar-refractivity contribution in [2.24, 2.45) is 0 Å². The summed E-state index contributed by atoms with van der Waals surface area (Å²) in [4.78, 5) is 23.7. The Balaban J connectivity index is 2.01. The zero-order chi connectivity index (χ0) is 20.6. The molecular weight excluding hydrogens is 368 g/mol. The van der Waals surface area contributed by atoms with Gasteiger partial charge in [-0.15, -0.1) is 0 Å². The molecule has 5 nitrogen and oxygen atoms in total. The monoisotopic (exact) mass is 388 g/mol. The fourth-order valence-corrected chi connectivity index (χ4v) is 2.80. The van der Waals surface area contributed by atoms with Crippen LogP contribution < -0.4 is 0 Å². The number of ether oxygens (including phenoxy) is 2. The summed E-state index contributed by atoms with van der Waals surface area (Å²) in [5.74, 6) is -0.672. The molecule has 3 rings (SSSR count). The number of carbonyl (C=O) groups excluding carboxylic acids is 2. The molecule has 0 amide bonds. The summed E-state index contributed by atoms with van der Waals surface area (Å²) in [6, 6.07) is 23.3. The summed E-state index contributed by atoms with van der Waals surface area (Å²) in [7, 11) is 2.39. The highest BCUT2D eigenvalue weighted by molar-refractivity contribution is 6.17. The van der Waals surface area contributed by atoms with Crippen molar-refractivity contribution in [3.63, 3.8) is 0 Å². The Hall–Kier alpha value is -3.86. The molecule has 2 aromatic carbocycles. The molecule has 0 N–H and O–H groups in total. The van der Waals surface area contributed by atoms with Crippen molar-refractivity contribution in [3.05, 3.63) is 101 Å². The highest BCUT2D eigenvalue weighted by Crippen LogP contribution is 2.27. The second-order valence-electron chi connectivity index (χ2n) is 6.07. The quantitative estimate of drug-likeness (QED) is 0.267. The molecule has 0 spiro atoms. The van der Waals surface area contributed by atoms with Gasteiger partial charge in [-0.25, -0.2) is 9.59 Å². The van der Waals surface area contributed by atoms with Crippen LogP contribution in [-0.2, 0) is 19.1 Å². The summed E-state index contributed by atoms with van der Waals surface area (Å²) in [5, 5.41) is 0. The van der Waals surface area contributed by atoms with E-state index in [9.17, 15) is 9.59 Å². The molecule has 0 aliphatic rings. The zero-order valence-corrected chi connectivity index (χ0v) is 16.1. The number of hydrogen-bond acceptors (Lipinski definition) is 5. The maximum atomic E-state index is 11.8. The van der Waals surface area contributed by atoms with Gasteiger partial charge in [0.25, 0.3) is 0 Å². The van der Waals surface area contributed by atoms with E-state index in [1.54, 1.807) is 12.1 Å². The molecule has 0 aliphatic carbocycles. The Labute approximate surface area is 168 Å². The first kappa shape index (κ1) is 19.9. The minimum atomic E-state index is -0.792. The minimum absolute atomic E-state index is 0.244. The highest BCUT2D eigenvalue weighted by Gasteiger charge is 2.20. The molecule has 29 heavy (non-hydrogen) atoms. The fourth-order valence-electron chi connectivity index (χ4n) is 2.80. The molecule has 1 aromatic heterocycles. The molecular formula is C24H20O5. The summed E-state index contributed by atoms with van der Waals surface area (Å²) in [6.45, 7) is 0. The van der Waals surface area contributed by atoms with Gasteiger partial charge in [0.2, 0.25) is 0 Å². The smallest absolute Gasteiger partial charge is 0.345 e. The molecule has 0 aliphatic heterocycles. The lowest BCUT2D eigenvalue weighted by Crippen LogP contribution is -2.15. The molecule has 0 saturated heterocycles. The molecule has 1 heterocycles. The highest BCUT2D eigenvalue weighted by atomic mass is 16.5. The average molecular weight is 388 g/mol. The Morgan fingerprint density at radius 1 is 0.690 bits per heavy atom. The van der Waals surface area contributed by atoms with Crippen LogP contribution in [0.1, 0.15) is 22.6 Å². The zero-order valence-electron chi connectivity index (χ0n) is 16.1. The summed E-state index contributed by atoms with van der Waals surface area (Å²) in [6.07, 6.45) is 3.22. The largest absolute Gasteiger partial charge is 0.465 e. The fraction of sp³-hybridized carbons (Fsp3) is 0.0833. The van der Waals surface area contributed by atoms with Crippen molar-refractivity contribution in [3.8, 4) is 0 Å². The number of esters is 2. The molecule has 0 radical (unpaired) electrons. The number of methoxy groups -OCH3 is 2. The molecule has 0 bridgehead atoms. The first-order valence-corrected chi connectivity index (χ1v) is 8.93. The van der Waals surface area contributed by atoms with Gasteiger partial charge in [-0.3, -0.25) is 0 Å². The summed E-state index contributed by atoms with van der Waals surface area (Å²) >= 11 is 0. The van der Waals surface area contributed by atoms with E-state index in [4.69, 9.17) is 4.42 Å². The summed E-state index contributed by atoms with van der Waals surface area (Å²) in [5.41, 5.74) is 2.82. The van der Waals surface area contributed by atoms with Crippen molar-refractivity contribution >= 4 is 29.7 Å². The molecule has 5 heteroatoms. The van der Waals surface area contributed by atoms with Gasteiger partial charge in [0.15, 0.2) is 0 Å². The van der Waals surface area contributed by atoms with Crippen molar-refractivity contribution in [1.82, 2.24) is 0 Å². The van der Waals surface area contributed by atoms with Crippen LogP contribution in [0, 0.1) is 0 Å². The Morgan fingerprint density at radius 2 is 1.14 bits per heavy atom. The normalized spacial score (nSPS) is 10.0. The standard InChI is InChI=1S/C24H20O5/c1-27-23(25)22(24(26)28-2)16-20-14-13-19(29-20)15-21(17-9-5-3-6-10-17)18-11-7-4-8-12-18/h3-16H,1-2H3. The van der Waals surface area contributed by atoms with E-state index in [0.29, 0.717) is 11.5 Å². The van der Waals surface area contributed by atoms with E-state index in [-0.39, 0.29) is 5.57 Å². The van der Waals surface area contributed by atoms with Crippen molar-refractivity contribution in [1.29, 1.82) is 0 Å². The SMILES string of the molecule is COC(=O)C(=Cc1ccc(C=C(c2ccccc2)c2ccccc2)o1)C(=O)OC. The van der Waals surface area contributed by atoms with E-state index < -0.39 is 11.9 Å². The number of hydrogen-bond donors (Lipinski definition) is 0. The first-order chi connectivity index (χ1) is 14.1. The van der Waals surface area contributed by atoms with E-state index in [0.717, 1.165) is 16.7 Å². The third-order valence-electron chi connectivity index (χ3n) is 4.20. The van der Waals surface area contributed by atoms with Gasteiger partial charge in [0.1, 0.15) is 17.1 Å². The molecule has 0 fully saturated rings. The molecule has 3 aromatic rings. The van der Waals surface area contributed by atoms with Crippen LogP contribution in [0.4, 0.5) is 0 Å². The first-order valence-electron chi connectivity index (χ1n) is 8.93. The van der Waals surface area contributed by atoms with Gasteiger partial charge in [-0.05, 0) is 34.9 Å². The number of carbonyl (C=O) groups is 2. The Bertz CT molecular complexity index is 984. The van der Waals surface area contributed by atoms with Crippen LogP contribution >= 0.6 is 0 Å². The van der Waals surface area contributed by atoms with Crippen LogP contribution in [0.2, 0.25) is 0 Å². The molecule has 0 saturated carbocycles. The minimum Gasteiger partial charge on any atom is -0.465 e. The van der Waals surface area contributed by atoms with E-state index >= 15 is 0 Å². The van der Waals surface area contributed by atoms with Gasteiger partial charge in [0, 0.05) is 6.08 Å². The van der Waals surface area contributed by atoms with E-state index in [1.165, 1.54) is 20.3 Å². The predicted molar refractivity (Wildman–Crippen MR) is 111 cm³/mol. The second-order valence-corrected chi connectivity index (χ2v) is 6.07. The van der Waals surface area contributed by atoms with Crippen LogP contribution in [0.25, 0.3) is 17.7 Å². The van der Waals surface area contributed by atoms with Gasteiger partial charge in [-0.2, -0.15) is 0 Å². The van der Waals surface area contributed by atoms with Crippen molar-refractivity contribution < 1.29 is 23.5 Å². The second kappa shape index (κ2) is 9.37. The van der Waals surface area contributed by atoms with Crippen LogP contribution in [-0.4, -0.2) is 26.2 Å². The van der Waals surface area contributed by atoms with Crippen LogP contribution in [0.3, 0.4) is 0 Å². The third kappa shape index (κ3) is 4.90.